The molecule has 0 saturated carbocycles. The minimum absolute atomic E-state index is 0.0369. The first-order chi connectivity index (χ1) is 8.73. The Morgan fingerprint density at radius 3 is 2.63 bits per heavy atom. The van der Waals surface area contributed by atoms with E-state index in [-0.39, 0.29) is 24.3 Å². The van der Waals surface area contributed by atoms with Crippen molar-refractivity contribution in [2.45, 2.75) is 26.6 Å². The van der Waals surface area contributed by atoms with Gasteiger partial charge in [0.05, 0.1) is 13.0 Å². The molecule has 1 aromatic heterocycles. The Morgan fingerprint density at radius 1 is 1.47 bits per heavy atom. The summed E-state index contributed by atoms with van der Waals surface area (Å²) >= 11 is 0. The van der Waals surface area contributed by atoms with Crippen molar-refractivity contribution in [1.82, 2.24) is 4.98 Å². The third kappa shape index (κ3) is 4.65. The van der Waals surface area contributed by atoms with E-state index < -0.39 is 24.0 Å². The highest BCUT2D eigenvalue weighted by Crippen LogP contribution is 2.33. The van der Waals surface area contributed by atoms with Crippen molar-refractivity contribution in [3.05, 3.63) is 17.3 Å². The van der Waals surface area contributed by atoms with Gasteiger partial charge in [-0.3, -0.25) is 4.79 Å². The molecule has 0 radical (unpaired) electrons. The largest absolute Gasteiger partial charge is 0.574 e. The van der Waals surface area contributed by atoms with Gasteiger partial charge in [0.1, 0.15) is 0 Å². The Bertz CT molecular complexity index is 474. The molecule has 0 bridgehead atoms. The monoisotopic (exact) mass is 279 g/mol. The van der Waals surface area contributed by atoms with E-state index in [1.807, 2.05) is 0 Å². The number of alkyl halides is 3. The fourth-order valence-corrected chi connectivity index (χ4v) is 1.39. The maximum Gasteiger partial charge on any atom is 0.574 e. The number of nitrogens with zero attached hydrogens (tertiary/aromatic N) is 1. The molecule has 106 valence electrons. The van der Waals surface area contributed by atoms with Crippen LogP contribution >= 0.6 is 0 Å². The molecule has 8 heteroatoms. The average Bonchev–Trinajstić information content (AvgIpc) is 2.23. The zero-order chi connectivity index (χ0) is 14.6. The normalized spacial score (nSPS) is 11.2. The van der Waals surface area contributed by atoms with Crippen molar-refractivity contribution in [2.75, 3.05) is 6.61 Å². The van der Waals surface area contributed by atoms with Crippen molar-refractivity contribution < 1.29 is 32.5 Å². The lowest BCUT2D eigenvalue weighted by atomic mass is 10.1. The molecule has 0 aliphatic heterocycles. The number of ether oxygens (including phenoxy) is 2. The van der Waals surface area contributed by atoms with Gasteiger partial charge in [-0.15, -0.1) is 13.2 Å². The second-order valence-electron chi connectivity index (χ2n) is 3.61. The average molecular weight is 279 g/mol. The molecule has 0 aliphatic carbocycles. The molecule has 0 amide bonds. The van der Waals surface area contributed by atoms with E-state index in [9.17, 15) is 23.1 Å². The van der Waals surface area contributed by atoms with Gasteiger partial charge in [0.2, 0.25) is 0 Å². The maximum atomic E-state index is 12.1. The number of rotatable bonds is 4. The quantitative estimate of drug-likeness (QED) is 0.855. The van der Waals surface area contributed by atoms with E-state index in [0.717, 1.165) is 0 Å². The molecule has 1 N–H and O–H groups in total. The molecule has 0 saturated heterocycles. The van der Waals surface area contributed by atoms with Crippen LogP contribution in [0.2, 0.25) is 0 Å². The van der Waals surface area contributed by atoms with Gasteiger partial charge in [0, 0.05) is 11.3 Å². The molecule has 19 heavy (non-hydrogen) atoms. The van der Waals surface area contributed by atoms with Crippen LogP contribution in [0.15, 0.2) is 6.07 Å². The number of aromatic hydroxyl groups is 1. The number of hydrogen-bond donors (Lipinski definition) is 1. The second kappa shape index (κ2) is 5.77. The third-order valence-electron chi connectivity index (χ3n) is 2.02. The minimum atomic E-state index is -4.97. The van der Waals surface area contributed by atoms with Crippen LogP contribution in [0.4, 0.5) is 13.2 Å². The topological polar surface area (TPSA) is 68.7 Å². The Balaban J connectivity index is 3.03. The zero-order valence-electron chi connectivity index (χ0n) is 10.2. The van der Waals surface area contributed by atoms with Gasteiger partial charge in [-0.25, -0.2) is 4.98 Å². The summed E-state index contributed by atoms with van der Waals surface area (Å²) in [6.45, 7) is 3.14. The molecule has 1 rings (SSSR count). The van der Waals surface area contributed by atoms with Crippen molar-refractivity contribution >= 4 is 5.97 Å². The summed E-state index contributed by atoms with van der Waals surface area (Å²) in [4.78, 5) is 14.7. The Labute approximate surface area is 107 Å². The zero-order valence-corrected chi connectivity index (χ0v) is 10.2. The van der Waals surface area contributed by atoms with Gasteiger partial charge < -0.3 is 14.6 Å². The van der Waals surface area contributed by atoms with Crippen molar-refractivity contribution in [1.29, 1.82) is 0 Å². The lowest BCUT2D eigenvalue weighted by molar-refractivity contribution is -0.276. The molecule has 1 aromatic rings. The Hall–Kier alpha value is -1.99. The van der Waals surface area contributed by atoms with E-state index in [0.29, 0.717) is 0 Å². The minimum Gasteiger partial charge on any atom is -0.503 e. The summed E-state index contributed by atoms with van der Waals surface area (Å²) < 4.78 is 44.5. The van der Waals surface area contributed by atoms with E-state index in [1.54, 1.807) is 6.92 Å². The summed E-state index contributed by atoms with van der Waals surface area (Å²) in [5.74, 6) is -2.47. The molecule has 0 aliphatic rings. The van der Waals surface area contributed by atoms with Crippen LogP contribution in [0.1, 0.15) is 18.2 Å². The molecule has 5 nitrogen and oxygen atoms in total. The van der Waals surface area contributed by atoms with E-state index in [4.69, 9.17) is 0 Å². The first-order valence-electron chi connectivity index (χ1n) is 5.33. The summed E-state index contributed by atoms with van der Waals surface area (Å²) in [6.07, 6.45) is -5.34. The van der Waals surface area contributed by atoms with Crippen LogP contribution in [-0.4, -0.2) is 29.0 Å². The molecule has 0 aromatic carbocycles. The van der Waals surface area contributed by atoms with Crippen molar-refractivity contribution in [2.24, 2.45) is 0 Å². The number of halogens is 3. The van der Waals surface area contributed by atoms with Crippen LogP contribution in [-0.2, 0) is 16.0 Å². The Morgan fingerprint density at radius 2 is 2.11 bits per heavy atom. The fraction of sp³-hybridized carbons (Fsp3) is 0.455. The lowest BCUT2D eigenvalue weighted by Crippen LogP contribution is -2.19. The molecular weight excluding hydrogens is 267 g/mol. The molecule has 0 fully saturated rings. The van der Waals surface area contributed by atoms with Gasteiger partial charge in [-0.05, 0) is 19.9 Å². The number of aryl methyl sites for hydroxylation is 1. The summed E-state index contributed by atoms with van der Waals surface area (Å²) in [7, 11) is 0. The van der Waals surface area contributed by atoms with E-state index >= 15 is 0 Å². The highest BCUT2D eigenvalue weighted by atomic mass is 19.4. The molecule has 0 unspecified atom stereocenters. The maximum absolute atomic E-state index is 12.1. The highest BCUT2D eigenvalue weighted by molar-refractivity contribution is 5.74. The fourth-order valence-electron chi connectivity index (χ4n) is 1.39. The van der Waals surface area contributed by atoms with Crippen molar-refractivity contribution in [3.8, 4) is 11.6 Å². The van der Waals surface area contributed by atoms with Crippen LogP contribution in [0.25, 0.3) is 0 Å². The lowest BCUT2D eigenvalue weighted by Gasteiger charge is -2.12. The molecule has 0 spiro atoms. The number of carbonyl (C=O) groups excluding carboxylic acids is 1. The first kappa shape index (κ1) is 15.1. The highest BCUT2D eigenvalue weighted by Gasteiger charge is 2.34. The molecule has 1 heterocycles. The van der Waals surface area contributed by atoms with E-state index in [2.05, 4.69) is 14.5 Å². The summed E-state index contributed by atoms with van der Waals surface area (Å²) in [5, 5.41) is 9.60. The smallest absolute Gasteiger partial charge is 0.503 e. The van der Waals surface area contributed by atoms with Gasteiger partial charge >= 0.3 is 12.3 Å². The number of aromatic nitrogens is 1. The summed E-state index contributed by atoms with van der Waals surface area (Å²) in [5.41, 5.74) is 0.140. The number of hydrogen-bond acceptors (Lipinski definition) is 5. The van der Waals surface area contributed by atoms with E-state index in [1.165, 1.54) is 13.0 Å². The van der Waals surface area contributed by atoms with Gasteiger partial charge in [-0.2, -0.15) is 0 Å². The summed E-state index contributed by atoms with van der Waals surface area (Å²) in [6, 6.07) is 1.29. The number of carbonyl (C=O) groups is 1. The van der Waals surface area contributed by atoms with Crippen LogP contribution < -0.4 is 4.74 Å². The standard InChI is InChI=1S/C11H12F3NO4/c1-3-18-8(16)5-7-4-6(2)15-10(9(7)17)19-11(12,13)14/h4,17H,3,5H2,1-2H3. The van der Waals surface area contributed by atoms with Gasteiger partial charge in [0.15, 0.2) is 5.75 Å². The van der Waals surface area contributed by atoms with Crippen LogP contribution in [0, 0.1) is 6.92 Å². The Kier molecular flexibility index (Phi) is 4.57. The molecule has 0 atom stereocenters. The number of pyridine rings is 1. The first-order valence-corrected chi connectivity index (χ1v) is 5.33. The predicted octanol–water partition coefficient (Wildman–Crippen LogP) is 2.10. The van der Waals surface area contributed by atoms with Gasteiger partial charge in [-0.1, -0.05) is 0 Å². The third-order valence-corrected chi connectivity index (χ3v) is 2.02. The molecular formula is C11H12F3NO4. The number of esters is 1. The van der Waals surface area contributed by atoms with Gasteiger partial charge in [0.25, 0.3) is 5.88 Å². The second-order valence-corrected chi connectivity index (χ2v) is 3.61. The van der Waals surface area contributed by atoms with Crippen LogP contribution in [0.5, 0.6) is 11.6 Å². The predicted molar refractivity (Wildman–Crippen MR) is 57.7 cm³/mol. The van der Waals surface area contributed by atoms with Crippen LogP contribution in [0.3, 0.4) is 0 Å². The van der Waals surface area contributed by atoms with Crippen molar-refractivity contribution in [3.63, 3.8) is 0 Å². The SMILES string of the molecule is CCOC(=O)Cc1cc(C)nc(OC(F)(F)F)c1O.